The molecule has 24 heavy (non-hydrogen) atoms. The summed E-state index contributed by atoms with van der Waals surface area (Å²) in [4.78, 5) is 4.96. The highest BCUT2D eigenvalue weighted by atomic mass is 32.1. The van der Waals surface area contributed by atoms with E-state index >= 15 is 0 Å². The second kappa shape index (κ2) is 5.09. The first kappa shape index (κ1) is 14.8. The number of aryl methyl sites for hydroxylation is 1. The van der Waals surface area contributed by atoms with Crippen LogP contribution in [0.2, 0.25) is 0 Å². The van der Waals surface area contributed by atoms with E-state index in [4.69, 9.17) is 4.52 Å². The minimum absolute atomic E-state index is 0.00394. The molecule has 11 heteroatoms. The number of thiophene rings is 1. The van der Waals surface area contributed by atoms with Crippen molar-refractivity contribution in [1.29, 1.82) is 0 Å². The maximum Gasteiger partial charge on any atom is 0.435 e. The van der Waals surface area contributed by atoms with Crippen LogP contribution in [0.15, 0.2) is 28.9 Å². The Morgan fingerprint density at radius 3 is 2.83 bits per heavy atom. The first-order valence-electron chi connectivity index (χ1n) is 6.59. The summed E-state index contributed by atoms with van der Waals surface area (Å²) >= 11 is 1.09. The molecule has 0 unspecified atom stereocenters. The van der Waals surface area contributed by atoms with Crippen LogP contribution in [-0.4, -0.2) is 30.1 Å². The van der Waals surface area contributed by atoms with Gasteiger partial charge in [0.25, 0.3) is 5.89 Å². The van der Waals surface area contributed by atoms with Crippen molar-refractivity contribution in [3.63, 3.8) is 0 Å². The molecule has 0 N–H and O–H groups in total. The fourth-order valence-electron chi connectivity index (χ4n) is 2.20. The zero-order chi connectivity index (χ0) is 16.9. The Morgan fingerprint density at radius 1 is 1.29 bits per heavy atom. The van der Waals surface area contributed by atoms with E-state index in [0.29, 0.717) is 15.4 Å². The minimum Gasteiger partial charge on any atom is -0.333 e. The molecule has 0 aliphatic heterocycles. The van der Waals surface area contributed by atoms with E-state index in [9.17, 15) is 13.2 Å². The lowest BCUT2D eigenvalue weighted by Crippen LogP contribution is -2.07. The Hall–Kier alpha value is -2.82. The molecule has 0 atom stereocenters. The predicted octanol–water partition coefficient (Wildman–Crippen LogP) is 3.16. The van der Waals surface area contributed by atoms with Crippen molar-refractivity contribution in [2.45, 2.75) is 6.18 Å². The highest BCUT2D eigenvalue weighted by Crippen LogP contribution is 2.40. The minimum atomic E-state index is -4.53. The largest absolute Gasteiger partial charge is 0.435 e. The summed E-state index contributed by atoms with van der Waals surface area (Å²) < 4.78 is 45.4. The molecule has 0 bridgehead atoms. The van der Waals surface area contributed by atoms with Crippen LogP contribution in [0.25, 0.3) is 32.5 Å². The third kappa shape index (κ3) is 2.33. The zero-order valence-electron chi connectivity index (χ0n) is 11.9. The fraction of sp³-hybridized carbons (Fsp3) is 0.154. The molecule has 0 amide bonds. The van der Waals surface area contributed by atoms with Gasteiger partial charge in [0, 0.05) is 18.6 Å². The van der Waals surface area contributed by atoms with Crippen molar-refractivity contribution in [1.82, 2.24) is 30.1 Å². The molecule has 0 fully saturated rings. The molecule has 4 aromatic rings. The van der Waals surface area contributed by atoms with Gasteiger partial charge in [0.1, 0.15) is 10.5 Å². The molecule has 0 aliphatic rings. The average molecular weight is 352 g/mol. The van der Waals surface area contributed by atoms with Crippen molar-refractivity contribution < 1.29 is 17.7 Å². The van der Waals surface area contributed by atoms with Gasteiger partial charge in [0.2, 0.25) is 5.82 Å². The molecule has 0 radical (unpaired) electrons. The Bertz CT molecular complexity index is 1020. The average Bonchev–Trinajstić information content (AvgIpc) is 3.23. The van der Waals surface area contributed by atoms with Gasteiger partial charge in [0.05, 0.1) is 4.88 Å². The molecular formula is C13H7F3N6OS. The number of fused-ring (bicyclic) bond motifs is 1. The van der Waals surface area contributed by atoms with E-state index in [1.54, 1.807) is 12.1 Å². The Morgan fingerprint density at radius 2 is 2.12 bits per heavy atom. The molecule has 0 aliphatic carbocycles. The summed E-state index contributed by atoms with van der Waals surface area (Å²) in [5.41, 5.74) is -0.526. The number of alkyl halides is 3. The van der Waals surface area contributed by atoms with Gasteiger partial charge < -0.3 is 4.52 Å². The van der Waals surface area contributed by atoms with Gasteiger partial charge >= 0.3 is 6.18 Å². The van der Waals surface area contributed by atoms with Gasteiger partial charge in [-0.25, -0.2) is 0 Å². The summed E-state index contributed by atoms with van der Waals surface area (Å²) in [5.74, 6) is 0.328. The van der Waals surface area contributed by atoms with Crippen molar-refractivity contribution in [2.24, 2.45) is 7.05 Å². The van der Waals surface area contributed by atoms with E-state index in [1.165, 1.54) is 24.0 Å². The molecule has 4 aromatic heterocycles. The smallest absolute Gasteiger partial charge is 0.333 e. The Balaban J connectivity index is 1.79. The van der Waals surface area contributed by atoms with Crippen molar-refractivity contribution in [3.8, 4) is 22.3 Å². The number of hydrogen-bond acceptors (Lipinski definition) is 7. The van der Waals surface area contributed by atoms with Crippen LogP contribution in [-0.2, 0) is 13.2 Å². The van der Waals surface area contributed by atoms with Crippen LogP contribution < -0.4 is 0 Å². The van der Waals surface area contributed by atoms with Crippen LogP contribution in [0.4, 0.5) is 13.2 Å². The van der Waals surface area contributed by atoms with Crippen molar-refractivity contribution in [3.05, 3.63) is 30.1 Å². The Kier molecular flexibility index (Phi) is 3.13. The lowest BCUT2D eigenvalue weighted by Gasteiger charge is -2.00. The van der Waals surface area contributed by atoms with Gasteiger partial charge in [-0.15, -0.1) is 16.4 Å². The second-order valence-corrected chi connectivity index (χ2v) is 5.86. The molecule has 122 valence electrons. The van der Waals surface area contributed by atoms with Gasteiger partial charge in [-0.3, -0.25) is 4.68 Å². The molecule has 0 saturated heterocycles. The number of rotatable bonds is 2. The summed E-state index contributed by atoms with van der Waals surface area (Å²) in [6.07, 6.45) is -3.03. The molecular weight excluding hydrogens is 345 g/mol. The van der Waals surface area contributed by atoms with Gasteiger partial charge in [-0.1, -0.05) is 5.16 Å². The SMILES string of the molecule is Cn1nc(C(F)(F)F)c2cc(-c3nc(-c4cccnn4)no3)sc21. The predicted molar refractivity (Wildman–Crippen MR) is 77.9 cm³/mol. The third-order valence-electron chi connectivity index (χ3n) is 3.22. The fourth-order valence-corrected chi connectivity index (χ4v) is 3.20. The highest BCUT2D eigenvalue weighted by Gasteiger charge is 2.37. The lowest BCUT2D eigenvalue weighted by atomic mass is 10.3. The molecule has 7 nitrogen and oxygen atoms in total. The second-order valence-electron chi connectivity index (χ2n) is 4.83. The topological polar surface area (TPSA) is 82.5 Å². The normalized spacial score (nSPS) is 12.2. The van der Waals surface area contributed by atoms with Crippen LogP contribution in [0, 0.1) is 0 Å². The maximum absolute atomic E-state index is 13.0. The first-order chi connectivity index (χ1) is 11.4. The summed E-state index contributed by atoms with van der Waals surface area (Å²) in [6.45, 7) is 0. The van der Waals surface area contributed by atoms with E-state index in [2.05, 4.69) is 25.4 Å². The highest BCUT2D eigenvalue weighted by molar-refractivity contribution is 7.21. The van der Waals surface area contributed by atoms with Gasteiger partial charge in [-0.05, 0) is 18.2 Å². The van der Waals surface area contributed by atoms with E-state index in [1.807, 2.05) is 0 Å². The first-order valence-corrected chi connectivity index (χ1v) is 7.41. The monoisotopic (exact) mass is 352 g/mol. The standard InChI is InChI=1S/C13H7F3N6OS/c1-22-12-6(9(20-22)13(14,15)16)5-8(24-12)11-18-10(21-23-11)7-3-2-4-17-19-7/h2-5H,1H3. The molecule has 0 aromatic carbocycles. The van der Waals surface area contributed by atoms with Crippen LogP contribution >= 0.6 is 11.3 Å². The van der Waals surface area contributed by atoms with E-state index < -0.39 is 11.9 Å². The van der Waals surface area contributed by atoms with Crippen LogP contribution in [0.3, 0.4) is 0 Å². The lowest BCUT2D eigenvalue weighted by molar-refractivity contribution is -0.140. The number of halogens is 3. The zero-order valence-corrected chi connectivity index (χ0v) is 12.8. The Labute approximate surface area is 135 Å². The quantitative estimate of drug-likeness (QED) is 0.551. The number of nitrogens with zero attached hydrogens (tertiary/aromatic N) is 6. The number of hydrogen-bond donors (Lipinski definition) is 0. The van der Waals surface area contributed by atoms with E-state index in [0.717, 1.165) is 11.3 Å². The van der Waals surface area contributed by atoms with Gasteiger partial charge in [0.15, 0.2) is 5.69 Å². The summed E-state index contributed by atoms with van der Waals surface area (Å²) in [6, 6.07) is 4.67. The van der Waals surface area contributed by atoms with Gasteiger partial charge in [-0.2, -0.15) is 28.4 Å². The van der Waals surface area contributed by atoms with Crippen LogP contribution in [0.5, 0.6) is 0 Å². The maximum atomic E-state index is 13.0. The summed E-state index contributed by atoms with van der Waals surface area (Å²) in [5, 5.41) is 14.9. The summed E-state index contributed by atoms with van der Waals surface area (Å²) in [7, 11) is 1.46. The molecule has 4 rings (SSSR count). The van der Waals surface area contributed by atoms with Crippen LogP contribution in [0.1, 0.15) is 5.69 Å². The van der Waals surface area contributed by atoms with Crippen molar-refractivity contribution in [2.75, 3.05) is 0 Å². The molecule has 4 heterocycles. The number of aromatic nitrogens is 6. The molecule has 0 spiro atoms. The van der Waals surface area contributed by atoms with E-state index in [-0.39, 0.29) is 17.1 Å². The van der Waals surface area contributed by atoms with Crippen molar-refractivity contribution >= 4 is 21.6 Å². The molecule has 0 saturated carbocycles. The third-order valence-corrected chi connectivity index (χ3v) is 4.41.